The van der Waals surface area contributed by atoms with Gasteiger partial charge in [0.05, 0.1) is 6.10 Å². The Morgan fingerprint density at radius 1 is 1.29 bits per heavy atom. The molecule has 2 N–H and O–H groups in total. The SMILES string of the molecule is CNCC(C)OCC(=O)NC1CCCCCC1. The summed E-state index contributed by atoms with van der Waals surface area (Å²) >= 11 is 0. The fourth-order valence-corrected chi connectivity index (χ4v) is 2.26. The first kappa shape index (κ1) is 14.5. The maximum absolute atomic E-state index is 11.7. The van der Waals surface area contributed by atoms with E-state index in [0.29, 0.717) is 6.04 Å². The van der Waals surface area contributed by atoms with Crippen molar-refractivity contribution in [2.45, 2.75) is 57.6 Å². The number of hydrogen-bond acceptors (Lipinski definition) is 3. The lowest BCUT2D eigenvalue weighted by Crippen LogP contribution is -2.38. The van der Waals surface area contributed by atoms with Crippen molar-refractivity contribution in [1.29, 1.82) is 0 Å². The maximum atomic E-state index is 11.7. The molecule has 100 valence electrons. The normalized spacial score (nSPS) is 19.6. The lowest BCUT2D eigenvalue weighted by Gasteiger charge is -2.17. The molecule has 0 aromatic carbocycles. The number of rotatable bonds is 6. The number of hydrogen-bond donors (Lipinski definition) is 2. The predicted octanol–water partition coefficient (Wildman–Crippen LogP) is 1.45. The average molecular weight is 242 g/mol. The number of nitrogens with one attached hydrogen (secondary N) is 2. The largest absolute Gasteiger partial charge is 0.367 e. The van der Waals surface area contributed by atoms with Gasteiger partial charge in [0.1, 0.15) is 6.61 Å². The van der Waals surface area contributed by atoms with E-state index in [0.717, 1.165) is 19.4 Å². The van der Waals surface area contributed by atoms with Gasteiger partial charge in [0, 0.05) is 12.6 Å². The minimum Gasteiger partial charge on any atom is -0.367 e. The van der Waals surface area contributed by atoms with Gasteiger partial charge in [-0.3, -0.25) is 4.79 Å². The van der Waals surface area contributed by atoms with Gasteiger partial charge >= 0.3 is 0 Å². The van der Waals surface area contributed by atoms with Gasteiger partial charge < -0.3 is 15.4 Å². The quantitative estimate of drug-likeness (QED) is 0.693. The van der Waals surface area contributed by atoms with Gasteiger partial charge in [0.15, 0.2) is 0 Å². The molecule has 0 saturated heterocycles. The number of likely N-dealkylation sites (N-methyl/N-ethyl adjacent to an activating group) is 1. The molecule has 1 saturated carbocycles. The number of carbonyl (C=O) groups is 1. The zero-order chi connectivity index (χ0) is 12.5. The zero-order valence-corrected chi connectivity index (χ0v) is 11.1. The molecule has 0 bridgehead atoms. The third-order valence-corrected chi connectivity index (χ3v) is 3.21. The molecule has 0 aliphatic heterocycles. The highest BCUT2D eigenvalue weighted by Gasteiger charge is 2.15. The Hall–Kier alpha value is -0.610. The molecule has 0 spiro atoms. The van der Waals surface area contributed by atoms with Crippen LogP contribution in [0.5, 0.6) is 0 Å². The minimum atomic E-state index is 0.0276. The number of amides is 1. The van der Waals surface area contributed by atoms with E-state index in [1.165, 1.54) is 25.7 Å². The van der Waals surface area contributed by atoms with Crippen LogP contribution in [0.3, 0.4) is 0 Å². The zero-order valence-electron chi connectivity index (χ0n) is 11.1. The number of ether oxygens (including phenoxy) is 1. The van der Waals surface area contributed by atoms with Gasteiger partial charge in [-0.05, 0) is 26.8 Å². The molecule has 0 heterocycles. The lowest BCUT2D eigenvalue weighted by molar-refractivity contribution is -0.128. The van der Waals surface area contributed by atoms with Crippen LogP contribution in [0.4, 0.5) is 0 Å². The van der Waals surface area contributed by atoms with E-state index in [-0.39, 0.29) is 18.6 Å². The first-order chi connectivity index (χ1) is 8.22. The monoisotopic (exact) mass is 242 g/mol. The molecule has 4 heteroatoms. The van der Waals surface area contributed by atoms with Crippen LogP contribution >= 0.6 is 0 Å². The third-order valence-electron chi connectivity index (χ3n) is 3.21. The van der Waals surface area contributed by atoms with E-state index < -0.39 is 0 Å². The van der Waals surface area contributed by atoms with Gasteiger partial charge in [-0.2, -0.15) is 0 Å². The Morgan fingerprint density at radius 3 is 2.53 bits per heavy atom. The maximum Gasteiger partial charge on any atom is 0.246 e. The standard InChI is InChI=1S/C13H26N2O2/c1-11(9-14-2)17-10-13(16)15-12-7-5-3-4-6-8-12/h11-12,14H,3-10H2,1-2H3,(H,15,16). The number of carbonyl (C=O) groups excluding carboxylic acids is 1. The highest BCUT2D eigenvalue weighted by atomic mass is 16.5. The molecule has 0 aromatic rings. The van der Waals surface area contributed by atoms with Crippen molar-refractivity contribution in [1.82, 2.24) is 10.6 Å². The molecule has 1 atom stereocenters. The lowest BCUT2D eigenvalue weighted by atomic mass is 10.1. The molecular weight excluding hydrogens is 216 g/mol. The third kappa shape index (κ3) is 6.64. The molecule has 17 heavy (non-hydrogen) atoms. The van der Waals surface area contributed by atoms with Crippen LogP contribution < -0.4 is 10.6 Å². The molecule has 1 fully saturated rings. The highest BCUT2D eigenvalue weighted by molar-refractivity contribution is 5.77. The summed E-state index contributed by atoms with van der Waals surface area (Å²) in [5.41, 5.74) is 0. The molecule has 1 aliphatic rings. The average Bonchev–Trinajstić information content (AvgIpc) is 2.55. The summed E-state index contributed by atoms with van der Waals surface area (Å²) in [4.78, 5) is 11.7. The van der Waals surface area contributed by atoms with Gasteiger partial charge in [-0.15, -0.1) is 0 Å². The smallest absolute Gasteiger partial charge is 0.246 e. The Morgan fingerprint density at radius 2 is 1.94 bits per heavy atom. The van der Waals surface area contributed by atoms with Crippen LogP contribution in [0.2, 0.25) is 0 Å². The Labute approximate surface area is 104 Å². The molecule has 0 radical (unpaired) electrons. The molecule has 1 rings (SSSR count). The Balaban J connectivity index is 2.14. The van der Waals surface area contributed by atoms with Crippen LogP contribution in [0.25, 0.3) is 0 Å². The molecule has 4 nitrogen and oxygen atoms in total. The first-order valence-electron chi connectivity index (χ1n) is 6.78. The topological polar surface area (TPSA) is 50.4 Å². The Bertz CT molecular complexity index is 213. The van der Waals surface area contributed by atoms with Crippen LogP contribution in [-0.4, -0.2) is 38.3 Å². The summed E-state index contributed by atoms with van der Waals surface area (Å²) in [6.07, 6.45) is 7.42. The fraction of sp³-hybridized carbons (Fsp3) is 0.923. The fourth-order valence-electron chi connectivity index (χ4n) is 2.26. The van der Waals surface area contributed by atoms with Crippen LogP contribution in [0.15, 0.2) is 0 Å². The second-order valence-electron chi connectivity index (χ2n) is 4.94. The molecular formula is C13H26N2O2. The second kappa shape index (κ2) is 8.48. The van der Waals surface area contributed by atoms with Crippen LogP contribution in [-0.2, 0) is 9.53 Å². The van der Waals surface area contributed by atoms with E-state index in [1.54, 1.807) is 0 Å². The van der Waals surface area contributed by atoms with E-state index in [4.69, 9.17) is 4.74 Å². The van der Waals surface area contributed by atoms with E-state index in [2.05, 4.69) is 10.6 Å². The molecule has 1 amide bonds. The summed E-state index contributed by atoms with van der Waals surface area (Å²) in [6, 6.07) is 0.369. The van der Waals surface area contributed by atoms with Crippen LogP contribution in [0.1, 0.15) is 45.4 Å². The summed E-state index contributed by atoms with van der Waals surface area (Å²) in [5, 5.41) is 6.10. The van der Waals surface area contributed by atoms with Gasteiger partial charge in [0.25, 0.3) is 0 Å². The van der Waals surface area contributed by atoms with Crippen molar-refractivity contribution >= 4 is 5.91 Å². The van der Waals surface area contributed by atoms with Crippen molar-refractivity contribution in [3.8, 4) is 0 Å². The second-order valence-corrected chi connectivity index (χ2v) is 4.94. The van der Waals surface area contributed by atoms with E-state index in [9.17, 15) is 4.79 Å². The van der Waals surface area contributed by atoms with E-state index >= 15 is 0 Å². The Kier molecular flexibility index (Phi) is 7.21. The first-order valence-corrected chi connectivity index (χ1v) is 6.78. The molecule has 0 aromatic heterocycles. The summed E-state index contributed by atoms with van der Waals surface area (Å²) in [7, 11) is 1.88. The van der Waals surface area contributed by atoms with Crippen molar-refractivity contribution in [3.63, 3.8) is 0 Å². The van der Waals surface area contributed by atoms with Gasteiger partial charge in [-0.25, -0.2) is 0 Å². The van der Waals surface area contributed by atoms with Gasteiger partial charge in [-0.1, -0.05) is 25.7 Å². The summed E-state index contributed by atoms with van der Waals surface area (Å²) in [5.74, 6) is 0.0276. The molecule has 1 unspecified atom stereocenters. The van der Waals surface area contributed by atoms with Crippen molar-refractivity contribution in [2.75, 3.05) is 20.2 Å². The minimum absolute atomic E-state index is 0.0276. The van der Waals surface area contributed by atoms with Crippen molar-refractivity contribution in [3.05, 3.63) is 0 Å². The van der Waals surface area contributed by atoms with E-state index in [1.807, 2.05) is 14.0 Å². The van der Waals surface area contributed by atoms with Crippen LogP contribution in [0, 0.1) is 0 Å². The summed E-state index contributed by atoms with van der Waals surface area (Å²) < 4.78 is 5.44. The van der Waals surface area contributed by atoms with Gasteiger partial charge in [0.2, 0.25) is 5.91 Å². The molecule has 1 aliphatic carbocycles. The summed E-state index contributed by atoms with van der Waals surface area (Å²) in [6.45, 7) is 2.92. The highest BCUT2D eigenvalue weighted by Crippen LogP contribution is 2.16. The van der Waals surface area contributed by atoms with Crippen molar-refractivity contribution < 1.29 is 9.53 Å². The van der Waals surface area contributed by atoms with Crippen molar-refractivity contribution in [2.24, 2.45) is 0 Å². The predicted molar refractivity (Wildman–Crippen MR) is 69.0 cm³/mol.